The van der Waals surface area contributed by atoms with Gasteiger partial charge in [-0.05, 0) is 49.2 Å². The number of nitrogens with one attached hydrogen (secondary N) is 2. The first-order chi connectivity index (χ1) is 11.5. The van der Waals surface area contributed by atoms with Gasteiger partial charge in [0, 0.05) is 10.2 Å². The number of benzene rings is 2. The van der Waals surface area contributed by atoms with Crippen molar-refractivity contribution >= 4 is 27.6 Å². The number of urea groups is 1. The van der Waals surface area contributed by atoms with Crippen molar-refractivity contribution in [2.75, 3.05) is 25.6 Å². The number of aryl methyl sites for hydroxylation is 2. The van der Waals surface area contributed by atoms with E-state index in [-0.39, 0.29) is 6.03 Å². The molecule has 2 aromatic rings. The molecule has 0 aromatic heterocycles. The molecule has 0 aliphatic carbocycles. The quantitative estimate of drug-likeness (QED) is 0.721. The van der Waals surface area contributed by atoms with E-state index in [1.165, 1.54) is 0 Å². The largest absolute Gasteiger partial charge is 0.493 e. The van der Waals surface area contributed by atoms with Crippen LogP contribution in [0.5, 0.6) is 11.5 Å². The van der Waals surface area contributed by atoms with Gasteiger partial charge in [0.1, 0.15) is 6.61 Å². The standard InChI is InChI=1S/C18H21BrN2O3/c1-12-4-7-16(17(10-12)23-3)24-9-8-20-18(22)21-14-6-5-13(2)15(19)11-14/h4-7,10-11H,8-9H2,1-3H3,(H2,20,21,22). The molecule has 2 rings (SSSR count). The van der Waals surface area contributed by atoms with Crippen LogP contribution >= 0.6 is 15.9 Å². The number of halogens is 1. The van der Waals surface area contributed by atoms with Gasteiger partial charge in [-0.15, -0.1) is 0 Å². The van der Waals surface area contributed by atoms with Crippen molar-refractivity contribution in [3.8, 4) is 11.5 Å². The van der Waals surface area contributed by atoms with Crippen molar-refractivity contribution < 1.29 is 14.3 Å². The minimum Gasteiger partial charge on any atom is -0.493 e. The molecule has 2 aromatic carbocycles. The summed E-state index contributed by atoms with van der Waals surface area (Å²) in [6, 6.07) is 11.1. The molecule has 6 heteroatoms. The normalized spacial score (nSPS) is 10.2. The van der Waals surface area contributed by atoms with Gasteiger partial charge in [-0.1, -0.05) is 28.1 Å². The number of ether oxygens (including phenoxy) is 2. The fourth-order valence-electron chi connectivity index (χ4n) is 2.07. The molecule has 0 unspecified atom stereocenters. The average molecular weight is 393 g/mol. The molecule has 0 spiro atoms. The molecule has 0 radical (unpaired) electrons. The van der Waals surface area contributed by atoms with E-state index in [9.17, 15) is 4.79 Å². The number of anilines is 1. The van der Waals surface area contributed by atoms with Crippen LogP contribution in [0.1, 0.15) is 11.1 Å². The van der Waals surface area contributed by atoms with Crippen LogP contribution in [0.15, 0.2) is 40.9 Å². The van der Waals surface area contributed by atoms with Crippen molar-refractivity contribution in [3.05, 3.63) is 52.0 Å². The van der Waals surface area contributed by atoms with Crippen LogP contribution in [0, 0.1) is 13.8 Å². The third kappa shape index (κ3) is 5.16. The number of rotatable bonds is 6. The van der Waals surface area contributed by atoms with Crippen molar-refractivity contribution in [2.24, 2.45) is 0 Å². The Kier molecular flexibility index (Phi) is 6.49. The second-order valence-electron chi connectivity index (χ2n) is 5.35. The maximum absolute atomic E-state index is 11.9. The molecule has 0 atom stereocenters. The Balaban J connectivity index is 1.77. The van der Waals surface area contributed by atoms with Crippen LogP contribution in [-0.4, -0.2) is 26.3 Å². The highest BCUT2D eigenvalue weighted by molar-refractivity contribution is 9.10. The van der Waals surface area contributed by atoms with E-state index in [0.717, 1.165) is 21.3 Å². The summed E-state index contributed by atoms with van der Waals surface area (Å²) in [6.07, 6.45) is 0. The maximum atomic E-state index is 11.9. The molecule has 0 fully saturated rings. The Morgan fingerprint density at radius 3 is 2.62 bits per heavy atom. The second kappa shape index (κ2) is 8.59. The number of amides is 2. The average Bonchev–Trinajstić information content (AvgIpc) is 2.56. The summed E-state index contributed by atoms with van der Waals surface area (Å²) in [6.45, 7) is 4.71. The monoisotopic (exact) mass is 392 g/mol. The SMILES string of the molecule is COc1cc(C)ccc1OCCNC(=O)Nc1ccc(C)c(Br)c1. The van der Waals surface area contributed by atoms with E-state index in [1.807, 2.05) is 50.2 Å². The summed E-state index contributed by atoms with van der Waals surface area (Å²) in [5, 5.41) is 5.53. The van der Waals surface area contributed by atoms with Crippen molar-refractivity contribution in [3.63, 3.8) is 0 Å². The van der Waals surface area contributed by atoms with Gasteiger partial charge in [0.15, 0.2) is 11.5 Å². The van der Waals surface area contributed by atoms with Crippen molar-refractivity contribution in [1.29, 1.82) is 0 Å². The zero-order valence-corrected chi connectivity index (χ0v) is 15.6. The Morgan fingerprint density at radius 2 is 1.92 bits per heavy atom. The fourth-order valence-corrected chi connectivity index (χ4v) is 2.44. The number of carbonyl (C=O) groups is 1. The minimum atomic E-state index is -0.273. The van der Waals surface area contributed by atoms with Crippen LogP contribution in [0.2, 0.25) is 0 Å². The lowest BCUT2D eigenvalue weighted by Gasteiger charge is -2.12. The van der Waals surface area contributed by atoms with Gasteiger partial charge in [-0.25, -0.2) is 4.79 Å². The first-order valence-electron chi connectivity index (χ1n) is 7.58. The van der Waals surface area contributed by atoms with Crippen molar-refractivity contribution in [1.82, 2.24) is 5.32 Å². The molecule has 0 aliphatic rings. The molecule has 128 valence electrons. The van der Waals surface area contributed by atoms with E-state index in [2.05, 4.69) is 26.6 Å². The summed E-state index contributed by atoms with van der Waals surface area (Å²) < 4.78 is 11.9. The topological polar surface area (TPSA) is 59.6 Å². The van der Waals surface area contributed by atoms with E-state index in [0.29, 0.717) is 24.7 Å². The summed E-state index contributed by atoms with van der Waals surface area (Å²) in [5.74, 6) is 1.34. The van der Waals surface area contributed by atoms with Crippen LogP contribution in [0.3, 0.4) is 0 Å². The van der Waals surface area contributed by atoms with Crippen molar-refractivity contribution in [2.45, 2.75) is 13.8 Å². The zero-order chi connectivity index (χ0) is 17.5. The molecule has 2 N–H and O–H groups in total. The van der Waals surface area contributed by atoms with Gasteiger partial charge in [-0.3, -0.25) is 0 Å². The minimum absolute atomic E-state index is 0.273. The fraction of sp³-hybridized carbons (Fsp3) is 0.278. The Morgan fingerprint density at radius 1 is 1.12 bits per heavy atom. The lowest BCUT2D eigenvalue weighted by Crippen LogP contribution is -2.32. The Bertz CT molecular complexity index is 719. The molecule has 0 saturated carbocycles. The van der Waals surface area contributed by atoms with Crippen LogP contribution in [0.4, 0.5) is 10.5 Å². The Hall–Kier alpha value is -2.21. The third-order valence-corrected chi connectivity index (χ3v) is 4.25. The number of methoxy groups -OCH3 is 1. The van der Waals surface area contributed by atoms with E-state index < -0.39 is 0 Å². The highest BCUT2D eigenvalue weighted by atomic mass is 79.9. The van der Waals surface area contributed by atoms with E-state index >= 15 is 0 Å². The van der Waals surface area contributed by atoms with Gasteiger partial charge in [-0.2, -0.15) is 0 Å². The Labute approximate surface area is 150 Å². The van der Waals surface area contributed by atoms with Crippen LogP contribution in [-0.2, 0) is 0 Å². The number of hydrogen-bond acceptors (Lipinski definition) is 3. The van der Waals surface area contributed by atoms with Gasteiger partial charge >= 0.3 is 6.03 Å². The zero-order valence-electron chi connectivity index (χ0n) is 14.0. The van der Waals surface area contributed by atoms with Gasteiger partial charge < -0.3 is 20.1 Å². The van der Waals surface area contributed by atoms with E-state index in [4.69, 9.17) is 9.47 Å². The highest BCUT2D eigenvalue weighted by Crippen LogP contribution is 2.27. The molecule has 24 heavy (non-hydrogen) atoms. The van der Waals surface area contributed by atoms with Gasteiger partial charge in [0.05, 0.1) is 13.7 Å². The van der Waals surface area contributed by atoms with Crippen LogP contribution in [0.25, 0.3) is 0 Å². The second-order valence-corrected chi connectivity index (χ2v) is 6.20. The number of carbonyl (C=O) groups excluding carboxylic acids is 1. The summed E-state index contributed by atoms with van der Waals surface area (Å²) in [4.78, 5) is 11.9. The van der Waals surface area contributed by atoms with Crippen LogP contribution < -0.4 is 20.1 Å². The molecule has 0 bridgehead atoms. The smallest absolute Gasteiger partial charge is 0.319 e. The molecule has 5 nitrogen and oxygen atoms in total. The third-order valence-electron chi connectivity index (χ3n) is 3.39. The summed E-state index contributed by atoms with van der Waals surface area (Å²) >= 11 is 3.44. The maximum Gasteiger partial charge on any atom is 0.319 e. The number of hydrogen-bond donors (Lipinski definition) is 2. The molecule has 0 aliphatic heterocycles. The first kappa shape index (κ1) is 18.1. The highest BCUT2D eigenvalue weighted by Gasteiger charge is 2.06. The summed E-state index contributed by atoms with van der Waals surface area (Å²) in [7, 11) is 1.60. The predicted molar refractivity (Wildman–Crippen MR) is 99.1 cm³/mol. The lowest BCUT2D eigenvalue weighted by atomic mass is 10.2. The molecular weight excluding hydrogens is 372 g/mol. The molecule has 0 heterocycles. The van der Waals surface area contributed by atoms with Gasteiger partial charge in [0.2, 0.25) is 0 Å². The lowest BCUT2D eigenvalue weighted by molar-refractivity contribution is 0.246. The molecule has 2 amide bonds. The van der Waals surface area contributed by atoms with E-state index in [1.54, 1.807) is 7.11 Å². The predicted octanol–water partition coefficient (Wildman–Crippen LogP) is 4.28. The first-order valence-corrected chi connectivity index (χ1v) is 8.37. The summed E-state index contributed by atoms with van der Waals surface area (Å²) in [5.41, 5.74) is 2.94. The molecule has 0 saturated heterocycles. The molecular formula is C18H21BrN2O3. The van der Waals surface area contributed by atoms with Gasteiger partial charge in [0.25, 0.3) is 0 Å².